The van der Waals surface area contributed by atoms with Crippen LogP contribution in [0.2, 0.25) is 0 Å². The van der Waals surface area contributed by atoms with Gasteiger partial charge in [-0.2, -0.15) is 5.10 Å². The van der Waals surface area contributed by atoms with Gasteiger partial charge in [0.2, 0.25) is 0 Å². The SMILES string of the molecule is Cc1nn(C)c(C(=O)OC2CC(C)CCC2C(C)C)c1N. The van der Waals surface area contributed by atoms with E-state index in [2.05, 4.69) is 25.9 Å². The van der Waals surface area contributed by atoms with E-state index in [4.69, 9.17) is 10.5 Å². The zero-order valence-corrected chi connectivity index (χ0v) is 13.7. The molecule has 1 aliphatic carbocycles. The van der Waals surface area contributed by atoms with Crippen LogP contribution in [0.4, 0.5) is 5.69 Å². The standard InChI is InChI=1S/C16H27N3O2/c1-9(2)12-7-6-10(3)8-13(12)21-16(20)15-14(17)11(4)18-19(15)5/h9-10,12-13H,6-8,17H2,1-5H3. The van der Waals surface area contributed by atoms with Crippen molar-refractivity contribution in [2.75, 3.05) is 5.73 Å². The van der Waals surface area contributed by atoms with Gasteiger partial charge in [0.1, 0.15) is 6.10 Å². The number of hydrogen-bond acceptors (Lipinski definition) is 4. The highest BCUT2D eigenvalue weighted by Crippen LogP contribution is 2.36. The highest BCUT2D eigenvalue weighted by atomic mass is 16.5. The summed E-state index contributed by atoms with van der Waals surface area (Å²) in [7, 11) is 1.73. The summed E-state index contributed by atoms with van der Waals surface area (Å²) in [6.07, 6.45) is 3.25. The number of carbonyl (C=O) groups excluding carboxylic acids is 1. The van der Waals surface area contributed by atoms with Crippen molar-refractivity contribution in [1.29, 1.82) is 0 Å². The van der Waals surface area contributed by atoms with Gasteiger partial charge >= 0.3 is 5.97 Å². The first-order valence-corrected chi connectivity index (χ1v) is 7.81. The average molecular weight is 293 g/mol. The molecule has 5 nitrogen and oxygen atoms in total. The summed E-state index contributed by atoms with van der Waals surface area (Å²) in [5, 5.41) is 4.18. The zero-order valence-electron chi connectivity index (χ0n) is 13.7. The Bertz CT molecular complexity index is 522. The van der Waals surface area contributed by atoms with Gasteiger partial charge in [-0.05, 0) is 37.5 Å². The monoisotopic (exact) mass is 293 g/mol. The topological polar surface area (TPSA) is 70.1 Å². The third-order valence-electron chi connectivity index (χ3n) is 4.68. The van der Waals surface area contributed by atoms with Crippen LogP contribution in [0.15, 0.2) is 0 Å². The Morgan fingerprint density at radius 1 is 1.43 bits per heavy atom. The fraction of sp³-hybridized carbons (Fsp3) is 0.750. The Kier molecular flexibility index (Phi) is 4.59. The Labute approximate surface area is 126 Å². The minimum atomic E-state index is -0.347. The summed E-state index contributed by atoms with van der Waals surface area (Å²) < 4.78 is 7.33. The van der Waals surface area contributed by atoms with E-state index in [9.17, 15) is 4.79 Å². The van der Waals surface area contributed by atoms with E-state index in [0.29, 0.717) is 34.8 Å². The number of anilines is 1. The molecule has 0 bridgehead atoms. The molecule has 1 aliphatic rings. The van der Waals surface area contributed by atoms with Crippen LogP contribution in [0.25, 0.3) is 0 Å². The average Bonchev–Trinajstić information content (AvgIpc) is 2.62. The number of nitrogens with two attached hydrogens (primary N) is 1. The van der Waals surface area contributed by atoms with Gasteiger partial charge in [0.15, 0.2) is 5.69 Å². The molecule has 0 saturated heterocycles. The van der Waals surface area contributed by atoms with Crippen LogP contribution in [0.5, 0.6) is 0 Å². The number of nitrogens with zero attached hydrogens (tertiary/aromatic N) is 2. The molecule has 3 unspecified atom stereocenters. The first-order chi connectivity index (χ1) is 9.81. The highest BCUT2D eigenvalue weighted by Gasteiger charge is 2.34. The third-order valence-corrected chi connectivity index (χ3v) is 4.68. The van der Waals surface area contributed by atoms with Crippen LogP contribution < -0.4 is 5.73 Å². The third kappa shape index (κ3) is 3.22. The molecule has 1 aromatic heterocycles. The Morgan fingerprint density at radius 2 is 2.10 bits per heavy atom. The number of rotatable bonds is 3. The van der Waals surface area contributed by atoms with E-state index in [1.54, 1.807) is 14.0 Å². The number of nitrogen functional groups attached to an aromatic ring is 1. The van der Waals surface area contributed by atoms with Crippen LogP contribution in [0.3, 0.4) is 0 Å². The predicted molar refractivity (Wildman–Crippen MR) is 82.9 cm³/mol. The lowest BCUT2D eigenvalue weighted by Gasteiger charge is -2.36. The second-order valence-corrected chi connectivity index (χ2v) is 6.74. The number of ether oxygens (including phenoxy) is 1. The molecule has 2 N–H and O–H groups in total. The summed E-state index contributed by atoms with van der Waals surface area (Å²) in [5.41, 5.74) is 7.41. The van der Waals surface area contributed by atoms with E-state index < -0.39 is 0 Å². The molecule has 3 atom stereocenters. The second-order valence-electron chi connectivity index (χ2n) is 6.74. The van der Waals surface area contributed by atoms with Gasteiger partial charge < -0.3 is 10.5 Å². The fourth-order valence-electron chi connectivity index (χ4n) is 3.36. The van der Waals surface area contributed by atoms with Gasteiger partial charge in [-0.3, -0.25) is 4.68 Å². The molecule has 1 saturated carbocycles. The first-order valence-electron chi connectivity index (χ1n) is 7.81. The molecule has 118 valence electrons. The number of hydrogen-bond donors (Lipinski definition) is 1. The van der Waals surface area contributed by atoms with Crippen LogP contribution in [-0.2, 0) is 11.8 Å². The van der Waals surface area contributed by atoms with Crippen molar-refractivity contribution in [2.24, 2.45) is 24.8 Å². The van der Waals surface area contributed by atoms with Crippen molar-refractivity contribution in [3.8, 4) is 0 Å². The van der Waals surface area contributed by atoms with Gasteiger partial charge in [0, 0.05) is 7.05 Å². The minimum Gasteiger partial charge on any atom is -0.457 e. The molecule has 1 heterocycles. The molecule has 0 aromatic carbocycles. The number of carbonyl (C=O) groups is 1. The van der Waals surface area contributed by atoms with Crippen molar-refractivity contribution in [3.05, 3.63) is 11.4 Å². The fourth-order valence-corrected chi connectivity index (χ4v) is 3.36. The normalized spacial score (nSPS) is 26.1. The van der Waals surface area contributed by atoms with E-state index in [1.165, 1.54) is 11.1 Å². The van der Waals surface area contributed by atoms with Crippen molar-refractivity contribution in [3.63, 3.8) is 0 Å². The van der Waals surface area contributed by atoms with E-state index in [-0.39, 0.29) is 12.1 Å². The quantitative estimate of drug-likeness (QED) is 0.870. The maximum Gasteiger partial charge on any atom is 0.359 e. The van der Waals surface area contributed by atoms with Gasteiger partial charge in [0.05, 0.1) is 11.4 Å². The lowest BCUT2D eigenvalue weighted by molar-refractivity contribution is -0.0182. The highest BCUT2D eigenvalue weighted by molar-refractivity contribution is 5.93. The van der Waals surface area contributed by atoms with E-state index in [1.807, 2.05) is 0 Å². The first kappa shape index (κ1) is 15.9. The van der Waals surface area contributed by atoms with E-state index in [0.717, 1.165) is 12.8 Å². The molecule has 1 fully saturated rings. The molecule has 0 radical (unpaired) electrons. The predicted octanol–water partition coefficient (Wildman–Crippen LogP) is 2.93. The molecule has 5 heteroatoms. The molecular formula is C16H27N3O2. The lowest BCUT2D eigenvalue weighted by Crippen LogP contribution is -2.36. The Balaban J connectivity index is 2.16. The number of aromatic nitrogens is 2. The molecule has 2 rings (SSSR count). The number of esters is 1. The molecule has 21 heavy (non-hydrogen) atoms. The van der Waals surface area contributed by atoms with Gasteiger partial charge in [-0.1, -0.05) is 27.2 Å². The van der Waals surface area contributed by atoms with Crippen molar-refractivity contribution < 1.29 is 9.53 Å². The smallest absolute Gasteiger partial charge is 0.359 e. The Morgan fingerprint density at radius 3 is 2.62 bits per heavy atom. The van der Waals surface area contributed by atoms with Crippen LogP contribution >= 0.6 is 0 Å². The summed E-state index contributed by atoms with van der Waals surface area (Å²) in [4.78, 5) is 12.5. The molecular weight excluding hydrogens is 266 g/mol. The largest absolute Gasteiger partial charge is 0.457 e. The summed E-state index contributed by atoms with van der Waals surface area (Å²) >= 11 is 0. The van der Waals surface area contributed by atoms with Crippen LogP contribution in [0.1, 0.15) is 56.2 Å². The van der Waals surface area contributed by atoms with Gasteiger partial charge in [-0.25, -0.2) is 4.79 Å². The van der Waals surface area contributed by atoms with Gasteiger partial charge in [-0.15, -0.1) is 0 Å². The van der Waals surface area contributed by atoms with E-state index >= 15 is 0 Å². The van der Waals surface area contributed by atoms with Crippen LogP contribution in [-0.4, -0.2) is 21.9 Å². The molecule has 0 aliphatic heterocycles. The summed E-state index contributed by atoms with van der Waals surface area (Å²) in [6, 6.07) is 0. The summed E-state index contributed by atoms with van der Waals surface area (Å²) in [5.74, 6) is 1.20. The van der Waals surface area contributed by atoms with Crippen molar-refractivity contribution in [2.45, 2.75) is 53.1 Å². The van der Waals surface area contributed by atoms with Crippen LogP contribution in [0, 0.1) is 24.7 Å². The summed E-state index contributed by atoms with van der Waals surface area (Å²) in [6.45, 7) is 8.42. The van der Waals surface area contributed by atoms with Crippen molar-refractivity contribution >= 4 is 11.7 Å². The minimum absolute atomic E-state index is 0.0177. The zero-order chi connectivity index (χ0) is 15.7. The lowest BCUT2D eigenvalue weighted by atomic mass is 9.75. The molecule has 0 spiro atoms. The second kappa shape index (κ2) is 6.08. The molecule has 1 aromatic rings. The number of aryl methyl sites for hydroxylation is 2. The maximum absolute atomic E-state index is 12.5. The Hall–Kier alpha value is -1.52. The maximum atomic E-state index is 12.5. The van der Waals surface area contributed by atoms with Crippen molar-refractivity contribution in [1.82, 2.24) is 9.78 Å². The molecule has 0 amide bonds. The van der Waals surface area contributed by atoms with Gasteiger partial charge in [0.25, 0.3) is 0 Å².